The molecule has 0 aliphatic heterocycles. The van der Waals surface area contributed by atoms with Crippen LogP contribution < -0.4 is 5.56 Å². The van der Waals surface area contributed by atoms with Crippen LogP contribution in [0.5, 0.6) is 0 Å². The van der Waals surface area contributed by atoms with E-state index >= 15 is 0 Å². The smallest absolute Gasteiger partial charge is 0.262 e. The van der Waals surface area contributed by atoms with E-state index in [9.17, 15) is 4.79 Å². The predicted octanol–water partition coefficient (Wildman–Crippen LogP) is 5.24. The zero-order valence-electron chi connectivity index (χ0n) is 14.2. The van der Waals surface area contributed by atoms with Crippen molar-refractivity contribution in [1.29, 1.82) is 0 Å². The summed E-state index contributed by atoms with van der Waals surface area (Å²) in [6.45, 7) is 8.29. The van der Waals surface area contributed by atoms with Crippen molar-refractivity contribution < 1.29 is 0 Å². The average Bonchev–Trinajstić information content (AvgIpc) is 2.56. The quantitative estimate of drug-likeness (QED) is 0.551. The number of nitrogens with zero attached hydrogens (tertiary/aromatic N) is 2. The topological polar surface area (TPSA) is 34.9 Å². The van der Waals surface area contributed by atoms with Crippen molar-refractivity contribution in [2.75, 3.05) is 5.75 Å². The van der Waals surface area contributed by atoms with E-state index in [1.54, 1.807) is 0 Å². The first-order valence-electron chi connectivity index (χ1n) is 8.46. The number of thioether (sulfide) groups is 1. The predicted molar refractivity (Wildman–Crippen MR) is 103 cm³/mol. The Morgan fingerprint density at radius 1 is 1.38 bits per heavy atom. The van der Waals surface area contributed by atoms with Gasteiger partial charge in [-0.2, -0.15) is 0 Å². The Morgan fingerprint density at radius 3 is 2.88 bits per heavy atom. The van der Waals surface area contributed by atoms with Gasteiger partial charge in [0.25, 0.3) is 5.56 Å². The molecule has 128 valence electrons. The van der Waals surface area contributed by atoms with Crippen molar-refractivity contribution in [2.24, 2.45) is 11.8 Å². The molecule has 1 aliphatic carbocycles. The third kappa shape index (κ3) is 3.40. The standard InChI is InChI=1S/C19H23ClN2OS/c1-12-7-6-10-17(14(12)3)22-18(23)15-8-4-5-9-16(15)21-19(22)24-11-13(2)20/h4-5,8-9,12,14,17H,2,6-7,10-11H2,1,3H3/t12-,14+,17-/m0/s1. The molecule has 1 fully saturated rings. The van der Waals surface area contributed by atoms with Gasteiger partial charge in [-0.15, -0.1) is 0 Å². The second kappa shape index (κ2) is 7.32. The number of halogens is 1. The fraction of sp³-hybridized carbons (Fsp3) is 0.474. The SMILES string of the molecule is C=C(Cl)CSc1nc2ccccc2c(=O)n1[C@H]1CCC[C@H](C)[C@H]1C. The molecule has 1 aliphatic rings. The second-order valence-corrected chi connectivity index (χ2v) is 8.20. The van der Waals surface area contributed by atoms with Crippen LogP contribution in [0.3, 0.4) is 0 Å². The van der Waals surface area contributed by atoms with Crippen molar-refractivity contribution >= 4 is 34.3 Å². The van der Waals surface area contributed by atoms with Gasteiger partial charge in [0.1, 0.15) is 0 Å². The highest BCUT2D eigenvalue weighted by atomic mass is 35.5. The summed E-state index contributed by atoms with van der Waals surface area (Å²) in [5.74, 6) is 1.63. The molecule has 0 N–H and O–H groups in total. The number of rotatable bonds is 4. The molecule has 3 atom stereocenters. The molecule has 3 rings (SSSR count). The molecular weight excluding hydrogens is 340 g/mol. The Labute approximate surface area is 152 Å². The van der Waals surface area contributed by atoms with Crippen molar-refractivity contribution in [3.63, 3.8) is 0 Å². The Bertz CT molecular complexity index is 817. The van der Waals surface area contributed by atoms with Crippen LogP contribution in [0.15, 0.2) is 45.8 Å². The van der Waals surface area contributed by atoms with Crippen LogP contribution in [0.4, 0.5) is 0 Å². The van der Waals surface area contributed by atoms with E-state index in [1.807, 2.05) is 28.8 Å². The molecule has 0 bridgehead atoms. The minimum Gasteiger partial charge on any atom is -0.284 e. The Hall–Kier alpha value is -1.26. The molecule has 2 aromatic rings. The zero-order valence-corrected chi connectivity index (χ0v) is 15.7. The van der Waals surface area contributed by atoms with E-state index in [-0.39, 0.29) is 11.6 Å². The monoisotopic (exact) mass is 362 g/mol. The maximum Gasteiger partial charge on any atom is 0.262 e. The highest BCUT2D eigenvalue weighted by Crippen LogP contribution is 2.39. The fourth-order valence-corrected chi connectivity index (χ4v) is 4.55. The number of para-hydroxylation sites is 1. The van der Waals surface area contributed by atoms with Gasteiger partial charge in [0, 0.05) is 16.8 Å². The van der Waals surface area contributed by atoms with Gasteiger partial charge in [-0.05, 0) is 30.4 Å². The van der Waals surface area contributed by atoms with Crippen molar-refractivity contribution in [1.82, 2.24) is 9.55 Å². The lowest BCUT2D eigenvalue weighted by molar-refractivity contribution is 0.173. The molecule has 1 saturated carbocycles. The largest absolute Gasteiger partial charge is 0.284 e. The summed E-state index contributed by atoms with van der Waals surface area (Å²) in [7, 11) is 0. The minimum atomic E-state index is 0.0641. The van der Waals surface area contributed by atoms with Crippen molar-refractivity contribution in [2.45, 2.75) is 44.3 Å². The molecule has 0 saturated heterocycles. The molecule has 0 amide bonds. The highest BCUT2D eigenvalue weighted by Gasteiger charge is 2.31. The van der Waals surface area contributed by atoms with Crippen molar-refractivity contribution in [3.8, 4) is 0 Å². The van der Waals surface area contributed by atoms with E-state index < -0.39 is 0 Å². The normalized spacial score (nSPS) is 24.2. The van der Waals surface area contributed by atoms with E-state index in [1.165, 1.54) is 18.2 Å². The molecule has 0 radical (unpaired) electrons. The first-order valence-corrected chi connectivity index (χ1v) is 9.82. The lowest BCUT2D eigenvalue weighted by Gasteiger charge is -2.36. The zero-order chi connectivity index (χ0) is 17.3. The van der Waals surface area contributed by atoms with Crippen LogP contribution in [0.1, 0.15) is 39.2 Å². The summed E-state index contributed by atoms with van der Waals surface area (Å²) in [6.07, 6.45) is 3.41. The number of hydrogen-bond acceptors (Lipinski definition) is 3. The van der Waals surface area contributed by atoms with Crippen LogP contribution in [0.2, 0.25) is 0 Å². The van der Waals surface area contributed by atoms with Crippen LogP contribution >= 0.6 is 23.4 Å². The van der Waals surface area contributed by atoms with Crippen LogP contribution in [-0.2, 0) is 0 Å². The van der Waals surface area contributed by atoms with Crippen LogP contribution in [0, 0.1) is 11.8 Å². The summed E-state index contributed by atoms with van der Waals surface area (Å²) in [5.41, 5.74) is 0.812. The second-order valence-electron chi connectivity index (χ2n) is 6.73. The summed E-state index contributed by atoms with van der Waals surface area (Å²) in [5, 5.41) is 2.02. The van der Waals surface area contributed by atoms with Gasteiger partial charge in [0.15, 0.2) is 5.16 Å². The molecule has 1 aromatic heterocycles. The van der Waals surface area contributed by atoms with Gasteiger partial charge in [-0.3, -0.25) is 9.36 Å². The maximum absolute atomic E-state index is 13.2. The van der Waals surface area contributed by atoms with E-state index in [4.69, 9.17) is 16.6 Å². The summed E-state index contributed by atoms with van der Waals surface area (Å²) in [4.78, 5) is 18.0. The Morgan fingerprint density at radius 2 is 2.12 bits per heavy atom. The minimum absolute atomic E-state index is 0.0641. The Kier molecular flexibility index (Phi) is 5.36. The maximum atomic E-state index is 13.2. The summed E-state index contributed by atoms with van der Waals surface area (Å²) in [6, 6.07) is 7.78. The number of aromatic nitrogens is 2. The van der Waals surface area contributed by atoms with Gasteiger partial charge < -0.3 is 0 Å². The van der Waals surface area contributed by atoms with Gasteiger partial charge in [-0.1, -0.05) is 68.8 Å². The Balaban J connectivity index is 2.15. The van der Waals surface area contributed by atoms with Gasteiger partial charge >= 0.3 is 0 Å². The molecule has 1 heterocycles. The third-order valence-electron chi connectivity index (χ3n) is 5.13. The average molecular weight is 363 g/mol. The van der Waals surface area contributed by atoms with Gasteiger partial charge in [0.2, 0.25) is 0 Å². The van der Waals surface area contributed by atoms with Crippen molar-refractivity contribution in [3.05, 3.63) is 46.2 Å². The first kappa shape index (κ1) is 17.6. The lowest BCUT2D eigenvalue weighted by atomic mass is 9.78. The molecule has 0 unspecified atom stereocenters. The van der Waals surface area contributed by atoms with E-state index in [2.05, 4.69) is 20.4 Å². The molecule has 0 spiro atoms. The van der Waals surface area contributed by atoms with Crippen LogP contribution in [0.25, 0.3) is 10.9 Å². The molecule has 1 aromatic carbocycles. The number of benzene rings is 1. The molecule has 3 nitrogen and oxygen atoms in total. The fourth-order valence-electron chi connectivity index (χ4n) is 3.58. The molecule has 24 heavy (non-hydrogen) atoms. The van der Waals surface area contributed by atoms with Crippen LogP contribution in [-0.4, -0.2) is 15.3 Å². The summed E-state index contributed by atoms with van der Waals surface area (Å²) < 4.78 is 1.92. The third-order valence-corrected chi connectivity index (χ3v) is 6.46. The molecule has 5 heteroatoms. The highest BCUT2D eigenvalue weighted by molar-refractivity contribution is 7.99. The number of fused-ring (bicyclic) bond motifs is 1. The molecular formula is C19H23ClN2OS. The lowest BCUT2D eigenvalue weighted by Crippen LogP contribution is -2.35. The summed E-state index contributed by atoms with van der Waals surface area (Å²) >= 11 is 7.45. The van der Waals surface area contributed by atoms with E-state index in [0.717, 1.165) is 23.5 Å². The first-order chi connectivity index (χ1) is 11.5. The van der Waals surface area contributed by atoms with E-state index in [0.29, 0.717) is 28.0 Å². The van der Waals surface area contributed by atoms with Gasteiger partial charge in [0.05, 0.1) is 10.9 Å². The number of hydrogen-bond donors (Lipinski definition) is 0. The van der Waals surface area contributed by atoms with Gasteiger partial charge in [-0.25, -0.2) is 4.98 Å².